The van der Waals surface area contributed by atoms with E-state index in [0.29, 0.717) is 35.5 Å². The number of benzene rings is 2. The van der Waals surface area contributed by atoms with Crippen molar-refractivity contribution in [1.29, 1.82) is 0 Å². The van der Waals surface area contributed by atoms with Gasteiger partial charge in [0.2, 0.25) is 0 Å². The van der Waals surface area contributed by atoms with Gasteiger partial charge in [0, 0.05) is 23.8 Å². The fourth-order valence-corrected chi connectivity index (χ4v) is 7.73. The monoisotopic (exact) mass is 666 g/mol. The molecule has 10 atom stereocenters. The van der Waals surface area contributed by atoms with Crippen LogP contribution in [0.4, 0.5) is 0 Å². The van der Waals surface area contributed by atoms with Gasteiger partial charge in [-0.05, 0) is 47.4 Å². The van der Waals surface area contributed by atoms with E-state index in [1.165, 1.54) is 19.2 Å². The largest absolute Gasteiger partial charge is 0.524 e. The molecule has 3 fully saturated rings. The van der Waals surface area contributed by atoms with Crippen molar-refractivity contribution in [2.24, 2.45) is 11.8 Å². The highest BCUT2D eigenvalue weighted by molar-refractivity contribution is 7.46. The number of aliphatic hydroxyl groups excluding tert-OH is 3. The Morgan fingerprint density at radius 2 is 1.83 bits per heavy atom. The normalized spacial score (nSPS) is 34.9. The topological polar surface area (TPSA) is 209 Å². The molecule has 6 unspecified atom stereocenters. The van der Waals surface area contributed by atoms with Crippen LogP contribution in [0, 0.1) is 11.8 Å². The Kier molecular flexibility index (Phi) is 8.29. The molecule has 0 amide bonds. The van der Waals surface area contributed by atoms with E-state index in [0.717, 1.165) is 5.56 Å². The van der Waals surface area contributed by atoms with Gasteiger partial charge in [0.15, 0.2) is 24.1 Å². The van der Waals surface area contributed by atoms with Gasteiger partial charge < -0.3 is 53.0 Å². The minimum absolute atomic E-state index is 0.0212. The van der Waals surface area contributed by atoms with Crippen LogP contribution in [-0.2, 0) is 46.1 Å². The minimum Gasteiger partial charge on any atom is -0.493 e. The first-order valence-electron chi connectivity index (χ1n) is 14.9. The van der Waals surface area contributed by atoms with Crippen molar-refractivity contribution < 1.29 is 72.1 Å². The highest BCUT2D eigenvalue weighted by Crippen LogP contribution is 2.56. The van der Waals surface area contributed by atoms with E-state index in [4.69, 9.17) is 37.7 Å². The van der Waals surface area contributed by atoms with Crippen molar-refractivity contribution in [1.82, 2.24) is 0 Å². The SMILES string of the molecule is COc1cc([C@@H]2c3cc4c(cc3[C@@H](OC3OC5CO[C@@H](C)OC5C(O)C3O)[C@H]3COC(=O)C23)OCC4)cc(CO)c1OP(=O)(O)O. The molecule has 0 saturated carbocycles. The van der Waals surface area contributed by atoms with Crippen molar-refractivity contribution in [3.63, 3.8) is 0 Å². The van der Waals surface area contributed by atoms with Gasteiger partial charge in [0.25, 0.3) is 0 Å². The maximum absolute atomic E-state index is 13.5. The summed E-state index contributed by atoms with van der Waals surface area (Å²) in [5, 5.41) is 32.2. The predicted octanol–water partition coefficient (Wildman–Crippen LogP) is 0.794. The molecule has 15 nitrogen and oxygen atoms in total. The van der Waals surface area contributed by atoms with Gasteiger partial charge in [-0.1, -0.05) is 6.07 Å². The summed E-state index contributed by atoms with van der Waals surface area (Å²) in [6.07, 6.45) is -6.46. The fraction of sp³-hybridized carbons (Fsp3) is 0.567. The second-order valence-corrected chi connectivity index (χ2v) is 13.2. The number of carbonyl (C=O) groups excluding carboxylic acids is 1. The molecule has 46 heavy (non-hydrogen) atoms. The van der Waals surface area contributed by atoms with Crippen LogP contribution in [0.25, 0.3) is 0 Å². The summed E-state index contributed by atoms with van der Waals surface area (Å²) < 4.78 is 57.2. The summed E-state index contributed by atoms with van der Waals surface area (Å²) in [6, 6.07) is 6.80. The van der Waals surface area contributed by atoms with Gasteiger partial charge in [0.05, 0.1) is 45.6 Å². The van der Waals surface area contributed by atoms with E-state index in [1.54, 1.807) is 6.92 Å². The first-order chi connectivity index (χ1) is 22.0. The van der Waals surface area contributed by atoms with Gasteiger partial charge in [-0.25, -0.2) is 4.57 Å². The lowest BCUT2D eigenvalue weighted by Crippen LogP contribution is -2.63. The standard InChI is InChI=1S/C30H35O15P/c1-12-40-11-21-28(42-12)24(32)25(33)30(43-21)44-27-17-8-19-13(3-4-39-19)6-16(17)22(23-18(27)10-41-29(23)34)14-5-15(9-31)26(20(7-14)38-2)45-46(35,36)37/h5-8,12,18,21-25,27-28,30-33H,3-4,9-11H2,1-2H3,(H2,35,36,37)/t12-,18+,21?,22-,23?,24?,25?,27-,28?,30?/m1/s1. The second kappa shape index (κ2) is 12.0. The molecule has 5 aliphatic rings. The molecule has 4 heterocycles. The van der Waals surface area contributed by atoms with Crippen molar-refractivity contribution in [2.45, 2.75) is 69.0 Å². The van der Waals surface area contributed by atoms with Gasteiger partial charge >= 0.3 is 13.8 Å². The third-order valence-corrected chi connectivity index (χ3v) is 9.74. The van der Waals surface area contributed by atoms with Crippen LogP contribution in [0.5, 0.6) is 17.2 Å². The number of phosphoric acid groups is 1. The lowest BCUT2D eigenvalue weighted by Gasteiger charge is -2.47. The van der Waals surface area contributed by atoms with Crippen molar-refractivity contribution in [3.8, 4) is 17.2 Å². The van der Waals surface area contributed by atoms with Crippen molar-refractivity contribution >= 4 is 13.8 Å². The fourth-order valence-electron chi connectivity index (χ4n) is 7.28. The number of hydrogen-bond acceptors (Lipinski definition) is 13. The molecule has 5 N–H and O–H groups in total. The molecule has 2 aromatic rings. The van der Waals surface area contributed by atoms with Crippen LogP contribution >= 0.6 is 7.82 Å². The van der Waals surface area contributed by atoms with E-state index in [2.05, 4.69) is 0 Å². The molecule has 7 rings (SSSR count). The lowest BCUT2D eigenvalue weighted by molar-refractivity contribution is -0.364. The average molecular weight is 667 g/mol. The van der Waals surface area contributed by atoms with E-state index in [-0.39, 0.29) is 30.3 Å². The molecule has 0 spiro atoms. The quantitative estimate of drug-likeness (QED) is 0.204. The van der Waals surface area contributed by atoms with Crippen LogP contribution < -0.4 is 14.0 Å². The minimum atomic E-state index is -5.01. The smallest absolute Gasteiger partial charge is 0.493 e. The van der Waals surface area contributed by atoms with E-state index in [9.17, 15) is 34.5 Å². The number of esters is 1. The van der Waals surface area contributed by atoms with E-state index >= 15 is 0 Å². The van der Waals surface area contributed by atoms with Crippen LogP contribution in [-0.4, -0.2) is 95.0 Å². The lowest BCUT2D eigenvalue weighted by atomic mass is 9.65. The summed E-state index contributed by atoms with van der Waals surface area (Å²) in [5.74, 6) is -2.31. The van der Waals surface area contributed by atoms with Gasteiger partial charge in [0.1, 0.15) is 30.2 Å². The molecule has 0 bridgehead atoms. The van der Waals surface area contributed by atoms with Crippen molar-refractivity contribution in [2.75, 3.05) is 26.9 Å². The van der Waals surface area contributed by atoms with E-state index < -0.39 is 81.3 Å². The van der Waals surface area contributed by atoms with E-state index in [1.807, 2.05) is 12.1 Å². The highest BCUT2D eigenvalue weighted by atomic mass is 31.2. The molecule has 1 aliphatic carbocycles. The Morgan fingerprint density at radius 3 is 2.57 bits per heavy atom. The Hall–Kier alpha value is -2.82. The third kappa shape index (κ3) is 5.48. The predicted molar refractivity (Wildman–Crippen MR) is 152 cm³/mol. The zero-order valence-electron chi connectivity index (χ0n) is 24.9. The Labute approximate surface area is 263 Å². The molecule has 3 saturated heterocycles. The number of fused-ring (bicyclic) bond motifs is 4. The van der Waals surface area contributed by atoms with Crippen LogP contribution in [0.1, 0.15) is 46.8 Å². The molecule has 2 aromatic carbocycles. The number of hydrogen-bond donors (Lipinski definition) is 5. The summed E-state index contributed by atoms with van der Waals surface area (Å²) in [4.78, 5) is 32.5. The molecule has 0 aromatic heterocycles. The molecule has 0 radical (unpaired) electrons. The molecule has 4 aliphatic heterocycles. The summed E-state index contributed by atoms with van der Waals surface area (Å²) in [7, 11) is -3.72. The van der Waals surface area contributed by atoms with Crippen molar-refractivity contribution in [3.05, 3.63) is 52.1 Å². The Bertz CT molecular complexity index is 1530. The number of cyclic esters (lactones) is 1. The van der Waals surface area contributed by atoms with Gasteiger partial charge in [-0.15, -0.1) is 0 Å². The van der Waals surface area contributed by atoms with Gasteiger partial charge in [-0.2, -0.15) is 0 Å². The second-order valence-electron chi connectivity index (χ2n) is 12.0. The number of carbonyl (C=O) groups is 1. The van der Waals surface area contributed by atoms with Crippen LogP contribution in [0.2, 0.25) is 0 Å². The number of aliphatic hydroxyl groups is 3. The third-order valence-electron chi connectivity index (χ3n) is 9.32. The van der Waals surface area contributed by atoms with Crippen LogP contribution in [0.3, 0.4) is 0 Å². The molecule has 16 heteroatoms. The summed E-state index contributed by atoms with van der Waals surface area (Å²) in [5.41, 5.74) is 2.77. The Balaban J connectivity index is 1.32. The molecular weight excluding hydrogens is 631 g/mol. The average Bonchev–Trinajstić information content (AvgIpc) is 3.64. The number of rotatable bonds is 7. The maximum Gasteiger partial charge on any atom is 0.524 e. The first kappa shape index (κ1) is 31.8. The number of methoxy groups -OCH3 is 1. The number of ether oxygens (including phenoxy) is 7. The Morgan fingerprint density at radius 1 is 1.02 bits per heavy atom. The summed E-state index contributed by atoms with van der Waals surface area (Å²) >= 11 is 0. The summed E-state index contributed by atoms with van der Waals surface area (Å²) in [6.45, 7) is 1.59. The zero-order chi connectivity index (χ0) is 32.5. The first-order valence-corrected chi connectivity index (χ1v) is 16.5. The molecular formula is C30H35O15P. The maximum atomic E-state index is 13.5. The zero-order valence-corrected chi connectivity index (χ0v) is 25.8. The van der Waals surface area contributed by atoms with Gasteiger partial charge in [-0.3, -0.25) is 14.6 Å². The highest BCUT2D eigenvalue weighted by Gasteiger charge is 2.56. The molecule has 250 valence electrons. The van der Waals surface area contributed by atoms with Crippen LogP contribution in [0.15, 0.2) is 24.3 Å². The number of phosphoric ester groups is 1.